The molecule has 3 aliphatic carbocycles. The highest BCUT2D eigenvalue weighted by atomic mass is 16.4. The summed E-state index contributed by atoms with van der Waals surface area (Å²) in [4.78, 5) is 20.1. The number of hydrogen-bond donors (Lipinski definition) is 7. The smallest absolute Gasteiger partial charge is 0.309 e. The van der Waals surface area contributed by atoms with E-state index in [1.54, 1.807) is 12.3 Å². The summed E-state index contributed by atoms with van der Waals surface area (Å²) in [5.74, 6) is -1.60. The molecule has 2 saturated carbocycles. The summed E-state index contributed by atoms with van der Waals surface area (Å²) >= 11 is 0. The van der Waals surface area contributed by atoms with Crippen molar-refractivity contribution in [1.29, 1.82) is 0 Å². The summed E-state index contributed by atoms with van der Waals surface area (Å²) in [5.41, 5.74) is 8.15. The van der Waals surface area contributed by atoms with Gasteiger partial charge >= 0.3 is 5.97 Å². The Labute approximate surface area is 325 Å². The normalized spacial score (nSPS) is 28.8. The van der Waals surface area contributed by atoms with Crippen molar-refractivity contribution in [2.45, 2.75) is 127 Å². The third kappa shape index (κ3) is 10.1. The second-order valence-electron chi connectivity index (χ2n) is 17.1. The van der Waals surface area contributed by atoms with Gasteiger partial charge in [0.05, 0.1) is 23.7 Å². The molecular formula is C45H62N3O7-. The first kappa shape index (κ1) is 40.8. The zero-order valence-electron chi connectivity index (χ0n) is 32.4. The number of nitrogens with two attached hydrogens (primary N) is 1. The number of aliphatic carboxylic acids is 1. The van der Waals surface area contributed by atoms with Gasteiger partial charge < -0.3 is 41.4 Å². The maximum absolute atomic E-state index is 12.7. The van der Waals surface area contributed by atoms with Crippen LogP contribution in [0.1, 0.15) is 108 Å². The number of aliphatic hydroxyl groups is 3. The molecule has 0 saturated heterocycles. The van der Waals surface area contributed by atoms with E-state index in [1.165, 1.54) is 31.4 Å². The first-order valence-electron chi connectivity index (χ1n) is 20.8. The van der Waals surface area contributed by atoms with E-state index in [0.717, 1.165) is 56.2 Å². The number of aliphatic hydroxyl groups excluding tert-OH is 2. The Bertz CT molecular complexity index is 1720. The molecule has 0 spiro atoms. The lowest BCUT2D eigenvalue weighted by Crippen LogP contribution is -2.50. The molecule has 2 heterocycles. The summed E-state index contributed by atoms with van der Waals surface area (Å²) in [5, 5.41) is 67.6. The summed E-state index contributed by atoms with van der Waals surface area (Å²) < 4.78 is 0. The molecule has 8 N–H and O–H groups in total. The molecule has 1 aromatic carbocycles. The maximum atomic E-state index is 12.7. The quantitative estimate of drug-likeness (QED) is 0.0521. The molecule has 10 nitrogen and oxygen atoms in total. The van der Waals surface area contributed by atoms with E-state index in [1.807, 2.05) is 24.3 Å². The van der Waals surface area contributed by atoms with E-state index in [4.69, 9.17) is 5.73 Å². The number of nitrogen functional groups attached to an aromatic ring is 1. The molecule has 0 amide bonds. The van der Waals surface area contributed by atoms with Crippen molar-refractivity contribution in [3.8, 4) is 22.8 Å². The fourth-order valence-electron chi connectivity index (χ4n) is 10.4. The minimum absolute atomic E-state index is 0.0297. The number of pyridine rings is 1. The molecular weight excluding hydrogens is 695 g/mol. The average Bonchev–Trinajstić information content (AvgIpc) is 3.71. The number of hydrogen-bond acceptors (Lipinski definition) is 8. The van der Waals surface area contributed by atoms with Gasteiger partial charge in [-0.1, -0.05) is 63.7 Å². The monoisotopic (exact) mass is 756 g/mol. The number of unbranched alkanes of at least 4 members (excludes halogenated alkanes) is 4. The molecule has 6 rings (SSSR count). The number of aromatic amines is 1. The van der Waals surface area contributed by atoms with Crippen LogP contribution in [0.4, 0.5) is 5.82 Å². The SMILES string of the molecule is CCCCC[C@@H]1C=C[C@@H](CCCCC[C@H](C(=O)O)[C@H](O)[C@H]2CC[C@@H]3[C@@H](Cc4ccnc(N)c4)C[C@H](Cc4ccc(-c5cc([O-])cc(O)c5)[nH]4)[C@]3(O)C2)[C@H](O)C1. The van der Waals surface area contributed by atoms with Crippen LogP contribution in [0.5, 0.6) is 11.5 Å². The van der Waals surface area contributed by atoms with Crippen LogP contribution >= 0.6 is 0 Å². The number of benzene rings is 1. The van der Waals surface area contributed by atoms with Gasteiger partial charge in [-0.3, -0.25) is 4.79 Å². The van der Waals surface area contributed by atoms with Gasteiger partial charge in [0.2, 0.25) is 0 Å². The first-order valence-corrected chi connectivity index (χ1v) is 20.8. The summed E-state index contributed by atoms with van der Waals surface area (Å²) in [6, 6.07) is 11.9. The van der Waals surface area contributed by atoms with Crippen molar-refractivity contribution in [3.63, 3.8) is 0 Å². The molecule has 2 fully saturated rings. The van der Waals surface area contributed by atoms with Gasteiger partial charge in [-0.15, -0.1) is 5.75 Å². The van der Waals surface area contributed by atoms with E-state index in [2.05, 4.69) is 29.0 Å². The van der Waals surface area contributed by atoms with E-state index in [-0.39, 0.29) is 47.2 Å². The molecule has 0 unspecified atom stereocenters. The Morgan fingerprint density at radius 3 is 2.58 bits per heavy atom. The summed E-state index contributed by atoms with van der Waals surface area (Å²) in [6.07, 6.45) is 17.7. The second kappa shape index (κ2) is 18.4. The van der Waals surface area contributed by atoms with Crippen LogP contribution in [0.2, 0.25) is 0 Å². The summed E-state index contributed by atoms with van der Waals surface area (Å²) in [7, 11) is 0. The van der Waals surface area contributed by atoms with Crippen LogP contribution in [0.25, 0.3) is 11.3 Å². The molecule has 0 radical (unpaired) electrons. The van der Waals surface area contributed by atoms with Crippen LogP contribution in [0.15, 0.2) is 60.8 Å². The number of phenolic OH excluding ortho intramolecular Hbond substituents is 1. The number of fused-ring (bicyclic) bond motifs is 1. The fraction of sp³-hybridized carbons (Fsp3) is 0.600. The number of H-pyrrole nitrogens is 1. The van der Waals surface area contributed by atoms with Crippen LogP contribution in [0, 0.1) is 41.4 Å². The van der Waals surface area contributed by atoms with E-state index in [0.29, 0.717) is 61.5 Å². The topological polar surface area (TPSA) is 196 Å². The van der Waals surface area contributed by atoms with Gasteiger partial charge in [0.15, 0.2) is 0 Å². The Balaban J connectivity index is 1.09. The van der Waals surface area contributed by atoms with Crippen molar-refractivity contribution < 1.29 is 35.4 Å². The highest BCUT2D eigenvalue weighted by Gasteiger charge is 2.57. The minimum atomic E-state index is -1.11. The molecule has 2 aromatic heterocycles. The van der Waals surface area contributed by atoms with Crippen LogP contribution in [-0.2, 0) is 17.6 Å². The Morgan fingerprint density at radius 1 is 1.02 bits per heavy atom. The van der Waals surface area contributed by atoms with E-state index in [9.17, 15) is 35.4 Å². The molecule has 0 bridgehead atoms. The summed E-state index contributed by atoms with van der Waals surface area (Å²) in [6.45, 7) is 2.20. The van der Waals surface area contributed by atoms with Crippen LogP contribution in [0.3, 0.4) is 0 Å². The van der Waals surface area contributed by atoms with E-state index >= 15 is 0 Å². The number of nitrogens with one attached hydrogen (secondary N) is 1. The van der Waals surface area contributed by atoms with Crippen molar-refractivity contribution in [2.24, 2.45) is 41.4 Å². The number of carboxylic acids is 1. The lowest BCUT2D eigenvalue weighted by Gasteiger charge is -2.45. The average molecular weight is 757 g/mol. The molecule has 10 heteroatoms. The van der Waals surface area contributed by atoms with Gasteiger partial charge in [-0.05, 0) is 136 Å². The minimum Gasteiger partial charge on any atom is -0.872 e. The number of rotatable bonds is 18. The highest BCUT2D eigenvalue weighted by molar-refractivity contribution is 5.70. The van der Waals surface area contributed by atoms with Crippen LogP contribution < -0.4 is 10.8 Å². The van der Waals surface area contributed by atoms with E-state index < -0.39 is 23.6 Å². The van der Waals surface area contributed by atoms with Crippen molar-refractivity contribution in [2.75, 3.05) is 5.73 Å². The zero-order chi connectivity index (χ0) is 39.1. The lowest BCUT2D eigenvalue weighted by atomic mass is 9.64. The predicted octanol–water partition coefficient (Wildman–Crippen LogP) is 7.15. The molecule has 3 aromatic rings. The van der Waals surface area contributed by atoms with Crippen LogP contribution in [-0.4, -0.2) is 59.3 Å². The van der Waals surface area contributed by atoms with Gasteiger partial charge in [0, 0.05) is 29.1 Å². The Hall–Kier alpha value is -3.86. The Morgan fingerprint density at radius 2 is 1.84 bits per heavy atom. The molecule has 55 heavy (non-hydrogen) atoms. The first-order chi connectivity index (χ1) is 26.4. The number of aromatic hydroxyl groups is 1. The molecule has 10 atom stereocenters. The molecule has 3 aliphatic rings. The van der Waals surface area contributed by atoms with Gasteiger partial charge in [-0.2, -0.15) is 0 Å². The third-order valence-electron chi connectivity index (χ3n) is 13.3. The number of allylic oxidation sites excluding steroid dienone is 1. The molecule has 0 aliphatic heterocycles. The number of carboxylic acid groups (broad SMARTS) is 1. The highest BCUT2D eigenvalue weighted by Crippen LogP contribution is 2.56. The maximum Gasteiger partial charge on any atom is 0.309 e. The zero-order valence-corrected chi connectivity index (χ0v) is 32.4. The van der Waals surface area contributed by atoms with Gasteiger partial charge in [0.1, 0.15) is 11.6 Å². The standard InChI is InChI=1S/C45H63N3O7/c1-2-3-5-8-28-11-12-30(41(51)20-28)9-6-4-7-10-38(44(53)54)43(52)31-13-15-39-32(19-29-17-18-47-42(46)21-29)22-34(45(39,55)27-31)25-35-14-16-40(48-35)33-23-36(49)26-37(50)24-33/h11-12,14,16-18,21,23-24,26,28,30-32,34,38-39,41,43,48-52,55H,2-10,13,15,19-20,22,25,27H2,1H3,(H2,46,47)(H,53,54)/p-1/t28-,30-,31+,32+,34-,38+,39-,41-,43-,45-/m1/s1. The predicted molar refractivity (Wildman–Crippen MR) is 212 cm³/mol. The van der Waals surface area contributed by atoms with Crippen molar-refractivity contribution in [3.05, 3.63) is 72.1 Å². The number of anilines is 1. The largest absolute Gasteiger partial charge is 0.872 e. The Kier molecular flexibility index (Phi) is 13.6. The molecule has 300 valence electrons. The van der Waals surface area contributed by atoms with Gasteiger partial charge in [-0.25, -0.2) is 4.98 Å². The van der Waals surface area contributed by atoms with Crippen molar-refractivity contribution >= 4 is 11.8 Å². The second-order valence-corrected chi connectivity index (χ2v) is 17.1. The van der Waals surface area contributed by atoms with Crippen molar-refractivity contribution in [1.82, 2.24) is 9.97 Å². The third-order valence-corrected chi connectivity index (χ3v) is 13.3. The lowest BCUT2D eigenvalue weighted by molar-refractivity contribution is -0.268. The fourth-order valence-corrected chi connectivity index (χ4v) is 10.4. The number of phenols is 1. The number of carbonyl (C=O) groups is 1. The van der Waals surface area contributed by atoms with Gasteiger partial charge in [0.25, 0.3) is 0 Å². The number of nitrogens with zero attached hydrogens (tertiary/aromatic N) is 1. The number of aromatic nitrogens is 2.